The lowest BCUT2D eigenvalue weighted by Crippen LogP contribution is -2.26. The Morgan fingerprint density at radius 3 is 2.67 bits per heavy atom. The van der Waals surface area contributed by atoms with Crippen molar-refractivity contribution in [2.24, 2.45) is 0 Å². The van der Waals surface area contributed by atoms with Gasteiger partial charge in [-0.1, -0.05) is 15.9 Å². The first kappa shape index (κ1) is 17.2. The maximum Gasteiger partial charge on any atom is 0.347 e. The van der Waals surface area contributed by atoms with Crippen LogP contribution in [0.25, 0.3) is 6.08 Å². The molecule has 21 heavy (non-hydrogen) atoms. The van der Waals surface area contributed by atoms with Gasteiger partial charge in [0.1, 0.15) is 5.75 Å². The molecule has 1 unspecified atom stereocenters. The van der Waals surface area contributed by atoms with Gasteiger partial charge in [0.05, 0.1) is 6.61 Å². The third-order valence-electron chi connectivity index (χ3n) is 2.59. The number of hydrogen-bond acceptors (Lipinski definition) is 4. The average molecular weight is 357 g/mol. The van der Waals surface area contributed by atoms with E-state index in [2.05, 4.69) is 15.9 Å². The summed E-state index contributed by atoms with van der Waals surface area (Å²) in [6.07, 6.45) is 1.66. The largest absolute Gasteiger partial charge is 0.478 e. The van der Waals surface area contributed by atoms with Crippen molar-refractivity contribution in [2.75, 3.05) is 6.61 Å². The Kier molecular flexibility index (Phi) is 6.42. The van der Waals surface area contributed by atoms with Crippen molar-refractivity contribution in [1.29, 1.82) is 0 Å². The highest BCUT2D eigenvalue weighted by molar-refractivity contribution is 9.10. The molecule has 0 saturated carbocycles. The lowest BCUT2D eigenvalue weighted by atomic mass is 10.1. The Hall–Kier alpha value is -1.82. The maximum atomic E-state index is 11.6. The summed E-state index contributed by atoms with van der Waals surface area (Å²) in [7, 11) is 0. The van der Waals surface area contributed by atoms with Gasteiger partial charge in [-0.25, -0.2) is 9.59 Å². The second kappa shape index (κ2) is 7.83. The summed E-state index contributed by atoms with van der Waals surface area (Å²) >= 11 is 3.35. The number of carbonyl (C=O) groups is 2. The predicted octanol–water partition coefficient (Wildman–Crippen LogP) is 3.19. The van der Waals surface area contributed by atoms with Crippen LogP contribution < -0.4 is 4.74 Å². The lowest BCUT2D eigenvalue weighted by Gasteiger charge is -2.17. The number of ether oxygens (including phenoxy) is 2. The highest BCUT2D eigenvalue weighted by Gasteiger charge is 2.18. The quantitative estimate of drug-likeness (QED) is 0.625. The highest BCUT2D eigenvalue weighted by atomic mass is 79.9. The molecule has 1 aromatic rings. The van der Waals surface area contributed by atoms with E-state index in [0.29, 0.717) is 11.3 Å². The van der Waals surface area contributed by atoms with Crippen LogP contribution in [0.15, 0.2) is 22.7 Å². The van der Waals surface area contributed by atoms with Gasteiger partial charge >= 0.3 is 11.9 Å². The number of carboxylic acids is 1. The summed E-state index contributed by atoms with van der Waals surface area (Å²) < 4.78 is 11.3. The molecule has 0 fully saturated rings. The Morgan fingerprint density at radius 1 is 1.43 bits per heavy atom. The summed E-state index contributed by atoms with van der Waals surface area (Å²) in [6, 6.07) is 3.55. The molecular formula is C15H17BrO5. The Balaban J connectivity index is 3.09. The summed E-state index contributed by atoms with van der Waals surface area (Å²) in [4.78, 5) is 22.3. The molecule has 0 spiro atoms. The Labute approximate surface area is 131 Å². The molecular weight excluding hydrogens is 340 g/mol. The SMILES string of the molecule is CCOC(=O)C(C)Oc1c(C)cc(Br)cc1/C=C/C(=O)O. The Morgan fingerprint density at radius 2 is 2.10 bits per heavy atom. The third kappa shape index (κ3) is 5.23. The standard InChI is InChI=1S/C15H17BrO5/c1-4-20-15(19)10(3)21-14-9(2)7-12(16)8-11(14)5-6-13(17)18/h5-8,10H,4H2,1-3H3,(H,17,18)/b6-5+. The number of rotatable bonds is 6. The summed E-state index contributed by atoms with van der Waals surface area (Å²) in [6.45, 7) is 5.40. The molecule has 114 valence electrons. The number of carboxylic acid groups (broad SMARTS) is 1. The van der Waals surface area contributed by atoms with Crippen LogP contribution in [0.3, 0.4) is 0 Å². The number of carbonyl (C=O) groups excluding carboxylic acids is 1. The lowest BCUT2D eigenvalue weighted by molar-refractivity contribution is -0.150. The monoisotopic (exact) mass is 356 g/mol. The first-order valence-electron chi connectivity index (χ1n) is 6.39. The fourth-order valence-electron chi connectivity index (χ4n) is 1.69. The highest BCUT2D eigenvalue weighted by Crippen LogP contribution is 2.30. The summed E-state index contributed by atoms with van der Waals surface area (Å²) in [5.41, 5.74) is 1.35. The van der Waals surface area contributed by atoms with Crippen molar-refractivity contribution >= 4 is 33.9 Å². The molecule has 0 aromatic heterocycles. The molecule has 0 radical (unpaired) electrons. The van der Waals surface area contributed by atoms with Gasteiger partial charge in [0.15, 0.2) is 6.10 Å². The van der Waals surface area contributed by atoms with Crippen molar-refractivity contribution in [2.45, 2.75) is 26.9 Å². The van der Waals surface area contributed by atoms with Gasteiger partial charge in [0, 0.05) is 16.1 Å². The van der Waals surface area contributed by atoms with Gasteiger partial charge in [-0.3, -0.25) is 0 Å². The van der Waals surface area contributed by atoms with Crippen LogP contribution in [0, 0.1) is 6.92 Å². The number of hydrogen-bond donors (Lipinski definition) is 1. The number of halogens is 1. The summed E-state index contributed by atoms with van der Waals surface area (Å²) in [5.74, 6) is -1.07. The van der Waals surface area contributed by atoms with Crippen molar-refractivity contribution in [3.05, 3.63) is 33.8 Å². The number of benzene rings is 1. The molecule has 1 atom stereocenters. The molecule has 0 heterocycles. The van der Waals surface area contributed by atoms with E-state index in [9.17, 15) is 9.59 Å². The van der Waals surface area contributed by atoms with Crippen LogP contribution >= 0.6 is 15.9 Å². The number of aryl methyl sites for hydroxylation is 1. The van der Waals surface area contributed by atoms with Gasteiger partial charge in [0.2, 0.25) is 0 Å². The van der Waals surface area contributed by atoms with Gasteiger partial charge in [-0.2, -0.15) is 0 Å². The fraction of sp³-hybridized carbons (Fsp3) is 0.333. The minimum absolute atomic E-state index is 0.275. The van der Waals surface area contributed by atoms with E-state index in [1.165, 1.54) is 6.08 Å². The molecule has 0 aliphatic heterocycles. The molecule has 5 nitrogen and oxygen atoms in total. The van der Waals surface area contributed by atoms with Crippen LogP contribution in [0.1, 0.15) is 25.0 Å². The molecule has 6 heteroatoms. The molecule has 0 amide bonds. The van der Waals surface area contributed by atoms with Crippen LogP contribution in [-0.4, -0.2) is 29.8 Å². The van der Waals surface area contributed by atoms with Crippen LogP contribution in [-0.2, 0) is 14.3 Å². The summed E-state index contributed by atoms with van der Waals surface area (Å²) in [5, 5.41) is 8.73. The molecule has 1 aromatic carbocycles. The van der Waals surface area contributed by atoms with Crippen LogP contribution in [0.4, 0.5) is 0 Å². The van der Waals surface area contributed by atoms with E-state index in [4.69, 9.17) is 14.6 Å². The minimum Gasteiger partial charge on any atom is -0.478 e. The molecule has 0 bridgehead atoms. The van der Waals surface area contributed by atoms with E-state index in [-0.39, 0.29) is 6.61 Å². The smallest absolute Gasteiger partial charge is 0.347 e. The zero-order chi connectivity index (χ0) is 16.0. The number of esters is 1. The molecule has 0 saturated heterocycles. The normalized spacial score (nSPS) is 12.2. The zero-order valence-electron chi connectivity index (χ0n) is 12.1. The zero-order valence-corrected chi connectivity index (χ0v) is 13.6. The van der Waals surface area contributed by atoms with Gasteiger partial charge in [-0.15, -0.1) is 0 Å². The van der Waals surface area contributed by atoms with Crippen LogP contribution in [0.2, 0.25) is 0 Å². The average Bonchev–Trinajstić information content (AvgIpc) is 2.39. The molecule has 0 aliphatic carbocycles. The topological polar surface area (TPSA) is 72.8 Å². The van der Waals surface area contributed by atoms with E-state index in [1.807, 2.05) is 13.0 Å². The first-order chi connectivity index (χ1) is 9.85. The Bertz CT molecular complexity index is 565. The fourth-order valence-corrected chi connectivity index (χ4v) is 2.28. The minimum atomic E-state index is -1.06. The molecule has 1 rings (SSSR count). The number of aliphatic carboxylic acids is 1. The van der Waals surface area contributed by atoms with Gasteiger partial charge in [-0.05, 0) is 44.5 Å². The van der Waals surface area contributed by atoms with E-state index >= 15 is 0 Å². The van der Waals surface area contributed by atoms with Crippen molar-refractivity contribution in [1.82, 2.24) is 0 Å². The van der Waals surface area contributed by atoms with Crippen molar-refractivity contribution in [3.63, 3.8) is 0 Å². The second-order valence-electron chi connectivity index (χ2n) is 4.32. The van der Waals surface area contributed by atoms with E-state index in [1.54, 1.807) is 19.9 Å². The third-order valence-corrected chi connectivity index (χ3v) is 3.04. The van der Waals surface area contributed by atoms with E-state index in [0.717, 1.165) is 16.1 Å². The predicted molar refractivity (Wildman–Crippen MR) is 82.3 cm³/mol. The maximum absolute atomic E-state index is 11.6. The molecule has 0 aliphatic rings. The van der Waals surface area contributed by atoms with E-state index < -0.39 is 18.0 Å². The van der Waals surface area contributed by atoms with Crippen molar-refractivity contribution < 1.29 is 24.2 Å². The van der Waals surface area contributed by atoms with Gasteiger partial charge in [0.25, 0.3) is 0 Å². The van der Waals surface area contributed by atoms with Crippen LogP contribution in [0.5, 0.6) is 5.75 Å². The molecule has 1 N–H and O–H groups in total. The second-order valence-corrected chi connectivity index (χ2v) is 5.24. The van der Waals surface area contributed by atoms with Crippen molar-refractivity contribution in [3.8, 4) is 5.75 Å². The van der Waals surface area contributed by atoms with Gasteiger partial charge < -0.3 is 14.6 Å². The first-order valence-corrected chi connectivity index (χ1v) is 7.18.